The SMILES string of the molecule is CC1C(OC2C(OC3OC(CO)C(O)C(O)C3O)C(O)C(C(=O)O)OI2C)OC(CO)C(O)C1O. The number of carbonyl (C=O) groups is 1. The molecule has 0 saturated carbocycles. The Bertz CT molecular complexity index is 712. The fourth-order valence-electron chi connectivity index (χ4n) is 4.07. The van der Waals surface area contributed by atoms with Crippen molar-refractivity contribution >= 4 is 26.2 Å². The number of ether oxygens (including phenoxy) is 4. The van der Waals surface area contributed by atoms with Crippen LogP contribution in [-0.4, -0.2) is 148 Å². The van der Waals surface area contributed by atoms with Crippen molar-refractivity contribution in [3.63, 3.8) is 0 Å². The Hall–Kier alpha value is -0.320. The molecule has 0 aromatic heterocycles. The van der Waals surface area contributed by atoms with Gasteiger partial charge in [-0.25, -0.2) is 0 Å². The van der Waals surface area contributed by atoms with E-state index in [2.05, 4.69) is 0 Å². The van der Waals surface area contributed by atoms with Crippen LogP contribution in [0.2, 0.25) is 0 Å². The number of halogens is 1. The van der Waals surface area contributed by atoms with Gasteiger partial charge in [0.2, 0.25) is 0 Å². The molecule has 0 aliphatic carbocycles. The monoisotopic (exact) mass is 628 g/mol. The average molecular weight is 628 g/mol. The van der Waals surface area contributed by atoms with Gasteiger partial charge >= 0.3 is 208 Å². The van der Waals surface area contributed by atoms with E-state index >= 15 is 0 Å². The molecule has 15 nitrogen and oxygen atoms in total. The van der Waals surface area contributed by atoms with Gasteiger partial charge in [0.05, 0.1) is 0 Å². The Labute approximate surface area is 207 Å². The predicted octanol–water partition coefficient (Wildman–Crippen LogP) is -4.52. The summed E-state index contributed by atoms with van der Waals surface area (Å²) in [5.74, 6) is -2.30. The molecule has 3 aliphatic heterocycles. The molecule has 206 valence electrons. The van der Waals surface area contributed by atoms with Crippen molar-refractivity contribution in [2.24, 2.45) is 5.92 Å². The Kier molecular flexibility index (Phi) is 10.1. The molecule has 3 heterocycles. The van der Waals surface area contributed by atoms with Crippen molar-refractivity contribution < 1.29 is 72.8 Å². The van der Waals surface area contributed by atoms with E-state index in [1.54, 1.807) is 4.93 Å². The molecule has 3 aliphatic rings. The topological polar surface area (TPSA) is 245 Å². The van der Waals surface area contributed by atoms with Crippen LogP contribution in [0.4, 0.5) is 0 Å². The first-order valence-electron chi connectivity index (χ1n) is 10.8. The number of aliphatic carboxylic acids is 1. The number of aliphatic hydroxyl groups excluding tert-OH is 8. The summed E-state index contributed by atoms with van der Waals surface area (Å²) in [4.78, 5) is 13.2. The molecule has 0 aromatic rings. The zero-order valence-corrected chi connectivity index (χ0v) is 21.0. The van der Waals surface area contributed by atoms with E-state index in [-0.39, 0.29) is 0 Å². The summed E-state index contributed by atoms with van der Waals surface area (Å²) in [5, 5.41) is 89.9. The van der Waals surface area contributed by atoms with Crippen LogP contribution >= 0.6 is 20.2 Å². The number of carboxylic acids is 1. The number of rotatable bonds is 7. The zero-order chi connectivity index (χ0) is 26.2. The predicted molar refractivity (Wildman–Crippen MR) is 119 cm³/mol. The summed E-state index contributed by atoms with van der Waals surface area (Å²) in [6.45, 7) is 0.143. The second-order valence-electron chi connectivity index (χ2n) is 8.65. The molecule has 9 N–H and O–H groups in total. The summed E-state index contributed by atoms with van der Waals surface area (Å²) >= 11 is -2.91. The molecule has 0 aromatic carbocycles. The van der Waals surface area contributed by atoms with Gasteiger partial charge in [-0.2, -0.15) is 0 Å². The molecule has 3 rings (SSSR count). The van der Waals surface area contributed by atoms with Gasteiger partial charge in [-0.3, -0.25) is 0 Å². The second kappa shape index (κ2) is 12.0. The van der Waals surface area contributed by atoms with Gasteiger partial charge in [-0.15, -0.1) is 0 Å². The van der Waals surface area contributed by atoms with Crippen molar-refractivity contribution in [1.82, 2.24) is 0 Å². The van der Waals surface area contributed by atoms with E-state index in [9.17, 15) is 50.8 Å². The summed E-state index contributed by atoms with van der Waals surface area (Å²) < 4.78 is 26.9. The molecule has 16 heteroatoms. The third-order valence-corrected chi connectivity index (χ3v) is 10.4. The summed E-state index contributed by atoms with van der Waals surface area (Å²) in [7, 11) is 0. The average Bonchev–Trinajstić information content (AvgIpc) is 2.82. The maximum absolute atomic E-state index is 11.7. The van der Waals surface area contributed by atoms with E-state index in [1.807, 2.05) is 0 Å². The van der Waals surface area contributed by atoms with Gasteiger partial charge in [0.1, 0.15) is 0 Å². The summed E-state index contributed by atoms with van der Waals surface area (Å²) in [6, 6.07) is 0. The van der Waals surface area contributed by atoms with Crippen LogP contribution in [-0.2, 0) is 26.8 Å². The van der Waals surface area contributed by atoms with Crippen LogP contribution in [0, 0.1) is 5.92 Å². The molecular weight excluding hydrogens is 595 g/mol. The standard InChI is InChI=1S/C19H33IO15/c1-5-8(23)9(24)6(3-21)31-18(5)34-16-14(13(28)15(17(29)30)35-20(16)2)33-19-12(27)11(26)10(25)7(4-22)32-19/h5-16,18-19,21-28H,3-4H2,1-2H3,(H,29,30). The second-order valence-corrected chi connectivity index (χ2v) is 13.0. The number of hydrogen-bond acceptors (Lipinski definition) is 14. The van der Waals surface area contributed by atoms with Gasteiger partial charge in [-0.1, -0.05) is 0 Å². The minimum absolute atomic E-state index is 0.630. The van der Waals surface area contributed by atoms with Crippen LogP contribution in [0.25, 0.3) is 0 Å². The first-order valence-corrected chi connectivity index (χ1v) is 15.1. The number of hydrogen-bond donors (Lipinski definition) is 9. The first kappa shape index (κ1) is 29.2. The van der Waals surface area contributed by atoms with Gasteiger partial charge in [-0.05, 0) is 0 Å². The Morgan fingerprint density at radius 1 is 0.800 bits per heavy atom. The molecule has 0 bridgehead atoms. The van der Waals surface area contributed by atoms with E-state index in [1.165, 1.54) is 6.92 Å². The van der Waals surface area contributed by atoms with Crippen molar-refractivity contribution in [2.75, 3.05) is 18.1 Å². The molecule has 0 amide bonds. The normalized spacial score (nSPS) is 50.2. The van der Waals surface area contributed by atoms with E-state index in [4.69, 9.17) is 22.0 Å². The van der Waals surface area contributed by atoms with Gasteiger partial charge in [0, 0.05) is 0 Å². The number of carboxylic acid groups (broad SMARTS) is 1. The van der Waals surface area contributed by atoms with Gasteiger partial charge < -0.3 is 0 Å². The van der Waals surface area contributed by atoms with Crippen LogP contribution in [0.3, 0.4) is 0 Å². The van der Waals surface area contributed by atoms with E-state index < -0.39 is 123 Å². The number of aliphatic hydroxyl groups is 8. The van der Waals surface area contributed by atoms with Crippen molar-refractivity contribution in [1.29, 1.82) is 0 Å². The molecule has 0 spiro atoms. The first-order chi connectivity index (χ1) is 16.4. The number of alkyl halides is 2. The fraction of sp³-hybridized carbons (Fsp3) is 0.947. The summed E-state index contributed by atoms with van der Waals surface area (Å²) in [5.41, 5.74) is 0. The fourth-order valence-corrected chi connectivity index (χ4v) is 8.04. The molecular formula is C19H33IO15. The van der Waals surface area contributed by atoms with Crippen LogP contribution in [0.5, 0.6) is 0 Å². The van der Waals surface area contributed by atoms with E-state index in [0.29, 0.717) is 0 Å². The molecule has 35 heavy (non-hydrogen) atoms. The third kappa shape index (κ3) is 5.90. The van der Waals surface area contributed by atoms with Crippen LogP contribution < -0.4 is 0 Å². The Balaban J connectivity index is 1.86. The zero-order valence-electron chi connectivity index (χ0n) is 18.8. The molecule has 3 saturated heterocycles. The molecule has 0 radical (unpaired) electrons. The third-order valence-electron chi connectivity index (χ3n) is 6.28. The minimum atomic E-state index is -2.91. The Morgan fingerprint density at radius 2 is 1.34 bits per heavy atom. The quantitative estimate of drug-likeness (QED) is 0.0953. The van der Waals surface area contributed by atoms with Crippen molar-refractivity contribution in [2.45, 2.75) is 84.7 Å². The van der Waals surface area contributed by atoms with Crippen LogP contribution in [0.1, 0.15) is 6.92 Å². The van der Waals surface area contributed by atoms with Crippen LogP contribution in [0.15, 0.2) is 0 Å². The maximum atomic E-state index is 11.7. The van der Waals surface area contributed by atoms with Crippen molar-refractivity contribution in [3.05, 3.63) is 0 Å². The summed E-state index contributed by atoms with van der Waals surface area (Å²) in [6.07, 6.45) is -18.5. The van der Waals surface area contributed by atoms with Gasteiger partial charge in [0.25, 0.3) is 0 Å². The Morgan fingerprint density at radius 3 is 1.89 bits per heavy atom. The molecule has 14 unspecified atom stereocenters. The van der Waals surface area contributed by atoms with Gasteiger partial charge in [0.15, 0.2) is 0 Å². The molecule has 3 fully saturated rings. The van der Waals surface area contributed by atoms with E-state index in [0.717, 1.165) is 0 Å². The molecule has 14 atom stereocenters. The van der Waals surface area contributed by atoms with Crippen molar-refractivity contribution in [3.8, 4) is 0 Å².